The molecule has 0 spiro atoms. The molecule has 1 rings (SSSR count). The van der Waals surface area contributed by atoms with Crippen molar-refractivity contribution in [3.05, 3.63) is 0 Å². The first-order chi connectivity index (χ1) is 6.18. The second kappa shape index (κ2) is 4.94. The Morgan fingerprint density at radius 2 is 2.00 bits per heavy atom. The van der Waals surface area contributed by atoms with E-state index in [0.717, 1.165) is 39.1 Å². The van der Waals surface area contributed by atoms with Gasteiger partial charge in [-0.3, -0.25) is 0 Å². The highest BCUT2D eigenvalue weighted by Gasteiger charge is 2.30. The summed E-state index contributed by atoms with van der Waals surface area (Å²) in [4.78, 5) is 0. The van der Waals surface area contributed by atoms with Crippen LogP contribution in [0.5, 0.6) is 0 Å². The first-order valence-corrected chi connectivity index (χ1v) is 5.20. The van der Waals surface area contributed by atoms with Crippen LogP contribution in [0.1, 0.15) is 26.7 Å². The zero-order chi connectivity index (χ0) is 9.73. The molecule has 0 radical (unpaired) electrons. The highest BCUT2D eigenvalue weighted by Crippen LogP contribution is 2.28. The number of ether oxygens (including phenoxy) is 1. The van der Waals surface area contributed by atoms with Crippen LogP contribution in [0.4, 0.5) is 0 Å². The molecule has 0 aromatic carbocycles. The smallest absolute Gasteiger partial charge is 0.0472 e. The van der Waals surface area contributed by atoms with Crippen molar-refractivity contribution < 1.29 is 4.74 Å². The molecule has 3 N–H and O–H groups in total. The Hall–Kier alpha value is -0.120. The second-order valence-corrected chi connectivity index (χ2v) is 4.35. The van der Waals surface area contributed by atoms with Gasteiger partial charge in [-0.25, -0.2) is 0 Å². The minimum absolute atomic E-state index is 0.294. The van der Waals surface area contributed by atoms with E-state index in [1.54, 1.807) is 0 Å². The molecule has 1 saturated heterocycles. The van der Waals surface area contributed by atoms with Crippen LogP contribution in [-0.4, -0.2) is 32.3 Å². The maximum absolute atomic E-state index is 5.83. The first kappa shape index (κ1) is 11.0. The Labute approximate surface area is 81.0 Å². The van der Waals surface area contributed by atoms with Gasteiger partial charge in [-0.05, 0) is 24.8 Å². The molecule has 1 fully saturated rings. The summed E-state index contributed by atoms with van der Waals surface area (Å²) >= 11 is 0. The van der Waals surface area contributed by atoms with E-state index < -0.39 is 0 Å². The van der Waals surface area contributed by atoms with Crippen molar-refractivity contribution in [1.29, 1.82) is 0 Å². The molecule has 1 heterocycles. The van der Waals surface area contributed by atoms with Gasteiger partial charge < -0.3 is 15.8 Å². The molecule has 3 heteroatoms. The lowest BCUT2D eigenvalue weighted by molar-refractivity contribution is 0.0184. The van der Waals surface area contributed by atoms with Crippen molar-refractivity contribution in [2.75, 3.05) is 26.3 Å². The van der Waals surface area contributed by atoms with Gasteiger partial charge in [-0.1, -0.05) is 13.8 Å². The van der Waals surface area contributed by atoms with Gasteiger partial charge in [0.05, 0.1) is 0 Å². The van der Waals surface area contributed by atoms with Crippen molar-refractivity contribution >= 4 is 0 Å². The van der Waals surface area contributed by atoms with Crippen molar-refractivity contribution in [2.24, 2.45) is 11.1 Å². The quantitative estimate of drug-likeness (QED) is 0.681. The molecule has 3 nitrogen and oxygen atoms in total. The van der Waals surface area contributed by atoms with Gasteiger partial charge in [0.2, 0.25) is 0 Å². The average Bonchev–Trinajstić information content (AvgIpc) is 2.16. The Balaban J connectivity index is 2.38. The van der Waals surface area contributed by atoms with E-state index in [0.29, 0.717) is 11.5 Å². The van der Waals surface area contributed by atoms with Crippen LogP contribution in [0.15, 0.2) is 0 Å². The van der Waals surface area contributed by atoms with E-state index in [-0.39, 0.29) is 0 Å². The summed E-state index contributed by atoms with van der Waals surface area (Å²) in [6.07, 6.45) is 2.20. The number of hydrogen-bond donors (Lipinski definition) is 2. The molecular weight excluding hydrogens is 164 g/mol. The summed E-state index contributed by atoms with van der Waals surface area (Å²) in [7, 11) is 0. The van der Waals surface area contributed by atoms with Crippen molar-refractivity contribution in [2.45, 2.75) is 32.7 Å². The van der Waals surface area contributed by atoms with Gasteiger partial charge in [0, 0.05) is 25.8 Å². The molecule has 78 valence electrons. The average molecular weight is 186 g/mol. The van der Waals surface area contributed by atoms with Gasteiger partial charge in [-0.2, -0.15) is 0 Å². The topological polar surface area (TPSA) is 47.3 Å². The molecule has 1 aliphatic heterocycles. The van der Waals surface area contributed by atoms with Crippen LogP contribution in [0.3, 0.4) is 0 Å². The molecule has 0 bridgehead atoms. The monoisotopic (exact) mass is 186 g/mol. The molecule has 0 atom stereocenters. The molecule has 0 amide bonds. The van der Waals surface area contributed by atoms with Crippen molar-refractivity contribution in [3.8, 4) is 0 Å². The van der Waals surface area contributed by atoms with Crippen LogP contribution in [0.2, 0.25) is 0 Å². The number of rotatable bonds is 4. The first-order valence-electron chi connectivity index (χ1n) is 5.20. The van der Waals surface area contributed by atoms with E-state index in [1.165, 1.54) is 0 Å². The fourth-order valence-electron chi connectivity index (χ4n) is 1.68. The van der Waals surface area contributed by atoms with E-state index in [9.17, 15) is 0 Å². The van der Waals surface area contributed by atoms with E-state index >= 15 is 0 Å². The van der Waals surface area contributed by atoms with Crippen molar-refractivity contribution in [3.63, 3.8) is 0 Å². The third-order valence-corrected chi connectivity index (χ3v) is 2.87. The Bertz CT molecular complexity index is 142. The number of nitrogens with two attached hydrogens (primary N) is 1. The predicted octanol–water partition coefficient (Wildman–Crippen LogP) is 0.740. The lowest BCUT2D eigenvalue weighted by Gasteiger charge is -2.36. The van der Waals surface area contributed by atoms with Crippen molar-refractivity contribution in [1.82, 2.24) is 5.32 Å². The summed E-state index contributed by atoms with van der Waals surface area (Å²) < 4.78 is 5.35. The predicted molar refractivity (Wildman–Crippen MR) is 54.7 cm³/mol. The van der Waals surface area contributed by atoms with E-state index in [4.69, 9.17) is 10.5 Å². The molecule has 0 unspecified atom stereocenters. The maximum Gasteiger partial charge on any atom is 0.0472 e. The molecule has 1 aliphatic rings. The lowest BCUT2D eigenvalue weighted by Crippen LogP contribution is -2.45. The molecule has 13 heavy (non-hydrogen) atoms. The minimum atomic E-state index is 0.294. The standard InChI is InChI=1S/C10H22N2O/c1-9(2)12-8-10(7-11)3-5-13-6-4-10/h9,12H,3-8,11H2,1-2H3. The largest absolute Gasteiger partial charge is 0.381 e. The zero-order valence-corrected chi connectivity index (χ0v) is 8.81. The Kier molecular flexibility index (Phi) is 4.16. The highest BCUT2D eigenvalue weighted by molar-refractivity contribution is 4.85. The van der Waals surface area contributed by atoms with Gasteiger partial charge in [0.25, 0.3) is 0 Å². The number of hydrogen-bond acceptors (Lipinski definition) is 3. The van der Waals surface area contributed by atoms with Crippen LogP contribution in [0, 0.1) is 5.41 Å². The summed E-state index contributed by atoms with van der Waals surface area (Å²) in [6, 6.07) is 0.547. The number of nitrogens with one attached hydrogen (secondary N) is 1. The second-order valence-electron chi connectivity index (χ2n) is 4.35. The van der Waals surface area contributed by atoms with Crippen LogP contribution in [-0.2, 0) is 4.74 Å². The Morgan fingerprint density at radius 1 is 1.38 bits per heavy atom. The maximum atomic E-state index is 5.83. The van der Waals surface area contributed by atoms with Gasteiger partial charge in [0.1, 0.15) is 0 Å². The highest BCUT2D eigenvalue weighted by atomic mass is 16.5. The fourth-order valence-corrected chi connectivity index (χ4v) is 1.68. The third kappa shape index (κ3) is 3.25. The molecule has 0 aromatic heterocycles. The van der Waals surface area contributed by atoms with Gasteiger partial charge in [0.15, 0.2) is 0 Å². The van der Waals surface area contributed by atoms with E-state index in [2.05, 4.69) is 19.2 Å². The third-order valence-electron chi connectivity index (χ3n) is 2.87. The van der Waals surface area contributed by atoms with Crippen LogP contribution in [0.25, 0.3) is 0 Å². The molecule has 0 saturated carbocycles. The summed E-state index contributed by atoms with van der Waals surface area (Å²) in [5, 5.41) is 3.47. The SMILES string of the molecule is CC(C)NCC1(CN)CCOCC1. The normalized spacial score (nSPS) is 22.2. The zero-order valence-electron chi connectivity index (χ0n) is 8.81. The summed E-state index contributed by atoms with van der Waals surface area (Å²) in [5.41, 5.74) is 6.12. The molecule has 0 aromatic rings. The molecule has 0 aliphatic carbocycles. The van der Waals surface area contributed by atoms with Crippen LogP contribution < -0.4 is 11.1 Å². The minimum Gasteiger partial charge on any atom is -0.381 e. The summed E-state index contributed by atoms with van der Waals surface area (Å²) in [6.45, 7) is 7.89. The van der Waals surface area contributed by atoms with Gasteiger partial charge in [-0.15, -0.1) is 0 Å². The fraction of sp³-hybridized carbons (Fsp3) is 1.00. The van der Waals surface area contributed by atoms with Crippen LogP contribution >= 0.6 is 0 Å². The lowest BCUT2D eigenvalue weighted by atomic mass is 9.80. The Morgan fingerprint density at radius 3 is 2.46 bits per heavy atom. The van der Waals surface area contributed by atoms with E-state index in [1.807, 2.05) is 0 Å². The molecular formula is C10H22N2O. The summed E-state index contributed by atoms with van der Waals surface area (Å²) in [5.74, 6) is 0. The van der Waals surface area contributed by atoms with Gasteiger partial charge >= 0.3 is 0 Å².